The second-order valence-corrected chi connectivity index (χ2v) is 7.62. The normalized spacial score (nSPS) is 11.7. The number of benzene rings is 3. The molecule has 0 aliphatic heterocycles. The van der Waals surface area contributed by atoms with Gasteiger partial charge in [0, 0.05) is 24.1 Å². The van der Waals surface area contributed by atoms with Crippen LogP contribution in [-0.2, 0) is 13.1 Å². The van der Waals surface area contributed by atoms with E-state index < -0.39 is 0 Å². The third-order valence-corrected chi connectivity index (χ3v) is 5.34. The Bertz CT molecular complexity index is 1170. The van der Waals surface area contributed by atoms with Crippen molar-refractivity contribution in [1.82, 2.24) is 15.8 Å². The second-order valence-electron chi connectivity index (χ2n) is 7.62. The molecule has 3 aromatic carbocycles. The summed E-state index contributed by atoms with van der Waals surface area (Å²) in [7, 11) is 0. The molecule has 1 atom stereocenters. The first-order chi connectivity index (χ1) is 15.6. The third kappa shape index (κ3) is 5.21. The molecular weight excluding hydrogens is 403 g/mol. The van der Waals surface area contributed by atoms with Crippen molar-refractivity contribution in [3.8, 4) is 11.1 Å². The predicted molar refractivity (Wildman–Crippen MR) is 124 cm³/mol. The highest BCUT2D eigenvalue weighted by Crippen LogP contribution is 2.29. The molecule has 0 bridgehead atoms. The summed E-state index contributed by atoms with van der Waals surface area (Å²) in [5.74, 6) is 0.452. The Morgan fingerprint density at radius 3 is 2.34 bits per heavy atom. The highest BCUT2D eigenvalue weighted by molar-refractivity contribution is 5.76. The number of nitrogens with zero attached hydrogens (tertiary/aromatic N) is 1. The topological polar surface area (TPSA) is 73.9 Å². The van der Waals surface area contributed by atoms with E-state index in [4.69, 9.17) is 9.93 Å². The monoisotopic (exact) mass is 428 g/mol. The lowest BCUT2D eigenvalue weighted by Gasteiger charge is -2.11. The zero-order valence-corrected chi connectivity index (χ0v) is 17.8. The van der Waals surface area contributed by atoms with Gasteiger partial charge in [-0.05, 0) is 22.8 Å². The van der Waals surface area contributed by atoms with Gasteiger partial charge in [-0.25, -0.2) is 4.39 Å². The lowest BCUT2D eigenvalue weighted by Crippen LogP contribution is -2.35. The molecule has 1 aromatic heterocycles. The van der Waals surface area contributed by atoms with E-state index in [1.54, 1.807) is 12.1 Å². The van der Waals surface area contributed by atoms with Gasteiger partial charge in [0.1, 0.15) is 17.3 Å². The fourth-order valence-corrected chi connectivity index (χ4v) is 3.46. The van der Waals surface area contributed by atoms with Crippen LogP contribution in [-0.4, -0.2) is 11.1 Å². The van der Waals surface area contributed by atoms with E-state index >= 15 is 0 Å². The Labute approximate surface area is 186 Å². The molecule has 0 radical (unpaired) electrons. The van der Waals surface area contributed by atoms with Crippen molar-refractivity contribution in [3.05, 3.63) is 113 Å². The molecule has 0 saturated carbocycles. The maximum Gasteiger partial charge on any atom is 0.188 e. The Kier molecular flexibility index (Phi) is 6.60. The molecule has 0 spiro atoms. The second kappa shape index (κ2) is 9.92. The molecule has 32 heavy (non-hydrogen) atoms. The number of hydrogen-bond donors (Lipinski definition) is 3. The molecule has 0 saturated heterocycles. The zero-order chi connectivity index (χ0) is 22.3. The molecule has 0 amide bonds. The Hall–Kier alpha value is -3.93. The minimum atomic E-state index is -0.264. The highest BCUT2D eigenvalue weighted by Gasteiger charge is 2.17. The van der Waals surface area contributed by atoms with Crippen LogP contribution in [0.1, 0.15) is 35.4 Å². The number of hydrogen-bond acceptors (Lipinski definition) is 3. The van der Waals surface area contributed by atoms with Crippen LogP contribution < -0.4 is 10.6 Å². The summed E-state index contributed by atoms with van der Waals surface area (Å²) in [6.45, 7) is 2.88. The quantitative estimate of drug-likeness (QED) is 0.270. The van der Waals surface area contributed by atoms with Crippen LogP contribution in [0.5, 0.6) is 0 Å². The van der Waals surface area contributed by atoms with Crippen LogP contribution in [0.25, 0.3) is 11.1 Å². The summed E-state index contributed by atoms with van der Waals surface area (Å²) in [6.07, 6.45) is 0. The first kappa shape index (κ1) is 21.3. The summed E-state index contributed by atoms with van der Waals surface area (Å²) in [6, 6.07) is 26.5. The molecule has 3 N–H and O–H groups in total. The first-order valence-corrected chi connectivity index (χ1v) is 10.5. The number of halogens is 1. The van der Waals surface area contributed by atoms with Gasteiger partial charge in [0.2, 0.25) is 0 Å². The average molecular weight is 429 g/mol. The van der Waals surface area contributed by atoms with Gasteiger partial charge in [0.15, 0.2) is 5.96 Å². The molecule has 6 heteroatoms. The summed E-state index contributed by atoms with van der Waals surface area (Å²) in [4.78, 5) is 0. The third-order valence-electron chi connectivity index (χ3n) is 5.34. The van der Waals surface area contributed by atoms with Crippen molar-refractivity contribution in [2.24, 2.45) is 0 Å². The maximum atomic E-state index is 14.7. The average Bonchev–Trinajstić information content (AvgIpc) is 3.31. The first-order valence-electron chi connectivity index (χ1n) is 10.5. The fraction of sp³-hybridized carbons (Fsp3) is 0.154. The van der Waals surface area contributed by atoms with Gasteiger partial charge in [0.05, 0.1) is 6.54 Å². The Morgan fingerprint density at radius 1 is 0.938 bits per heavy atom. The predicted octanol–water partition coefficient (Wildman–Crippen LogP) is 5.45. The summed E-state index contributed by atoms with van der Waals surface area (Å²) in [5, 5.41) is 18.1. The molecule has 4 aromatic rings. The van der Waals surface area contributed by atoms with E-state index in [0.717, 1.165) is 16.7 Å². The number of nitrogens with one attached hydrogen (secondary N) is 3. The fourth-order valence-electron chi connectivity index (χ4n) is 3.46. The van der Waals surface area contributed by atoms with Crippen molar-refractivity contribution >= 4 is 5.96 Å². The van der Waals surface area contributed by atoms with Gasteiger partial charge in [0.25, 0.3) is 0 Å². The molecule has 1 unspecified atom stereocenters. The molecule has 5 nitrogen and oxygen atoms in total. The van der Waals surface area contributed by atoms with Gasteiger partial charge in [-0.15, -0.1) is 0 Å². The molecule has 0 aliphatic carbocycles. The number of rotatable bonds is 7. The summed E-state index contributed by atoms with van der Waals surface area (Å²) < 4.78 is 20.2. The van der Waals surface area contributed by atoms with Gasteiger partial charge in [-0.2, -0.15) is 0 Å². The minimum Gasteiger partial charge on any atom is -0.360 e. The van der Waals surface area contributed by atoms with Crippen molar-refractivity contribution in [1.29, 1.82) is 5.41 Å². The van der Waals surface area contributed by atoms with Gasteiger partial charge in [-0.1, -0.05) is 84.9 Å². The van der Waals surface area contributed by atoms with Crippen LogP contribution >= 0.6 is 0 Å². The van der Waals surface area contributed by atoms with Gasteiger partial charge in [-0.3, -0.25) is 5.41 Å². The number of aromatic nitrogens is 1. The van der Waals surface area contributed by atoms with Gasteiger partial charge >= 0.3 is 0 Å². The van der Waals surface area contributed by atoms with Crippen molar-refractivity contribution in [3.63, 3.8) is 0 Å². The lowest BCUT2D eigenvalue weighted by molar-refractivity contribution is 0.369. The van der Waals surface area contributed by atoms with Gasteiger partial charge < -0.3 is 15.2 Å². The summed E-state index contributed by atoms with van der Waals surface area (Å²) >= 11 is 0. The molecule has 0 fully saturated rings. The molecule has 162 valence electrons. The minimum absolute atomic E-state index is 0.147. The van der Waals surface area contributed by atoms with Crippen molar-refractivity contribution in [2.45, 2.75) is 25.9 Å². The SMILES string of the molecule is CC(c1ccc(-c2ccccc2)c(F)c1)c1cc(CNC(=N)NCc2ccccc2)no1. The summed E-state index contributed by atoms with van der Waals surface area (Å²) in [5.41, 5.74) is 4.02. The number of guanidine groups is 1. The molecular formula is C26H25FN4O. The standard InChI is InChI=1S/C26H25FN4O/c1-18(21-12-13-23(24(27)14-21)20-10-6-3-7-11-20)25-15-22(31-32-25)17-30-26(28)29-16-19-8-4-2-5-9-19/h2-15,18H,16-17H2,1H3,(H3,28,29,30). The Morgan fingerprint density at radius 2 is 1.62 bits per heavy atom. The van der Waals surface area contributed by atoms with Crippen molar-refractivity contribution in [2.75, 3.05) is 0 Å². The lowest BCUT2D eigenvalue weighted by atomic mass is 9.95. The van der Waals surface area contributed by atoms with Crippen LogP contribution in [0.4, 0.5) is 4.39 Å². The van der Waals surface area contributed by atoms with Crippen LogP contribution in [0.15, 0.2) is 89.5 Å². The largest absolute Gasteiger partial charge is 0.360 e. The van der Waals surface area contributed by atoms with E-state index in [0.29, 0.717) is 30.1 Å². The Balaban J connectivity index is 1.35. The van der Waals surface area contributed by atoms with Crippen LogP contribution in [0.2, 0.25) is 0 Å². The molecule has 4 rings (SSSR count). The van der Waals surface area contributed by atoms with E-state index in [1.807, 2.05) is 79.7 Å². The highest BCUT2D eigenvalue weighted by atomic mass is 19.1. The van der Waals surface area contributed by atoms with Crippen LogP contribution in [0.3, 0.4) is 0 Å². The van der Waals surface area contributed by atoms with Crippen LogP contribution in [0, 0.1) is 11.2 Å². The van der Waals surface area contributed by atoms with E-state index in [9.17, 15) is 4.39 Å². The van der Waals surface area contributed by atoms with E-state index in [2.05, 4.69) is 15.8 Å². The molecule has 0 aliphatic rings. The van der Waals surface area contributed by atoms with E-state index in [-0.39, 0.29) is 17.7 Å². The maximum absolute atomic E-state index is 14.7. The zero-order valence-electron chi connectivity index (χ0n) is 17.8. The van der Waals surface area contributed by atoms with Crippen molar-refractivity contribution < 1.29 is 8.91 Å². The smallest absolute Gasteiger partial charge is 0.188 e. The van der Waals surface area contributed by atoms with E-state index in [1.165, 1.54) is 0 Å². The molecule has 1 heterocycles.